The Morgan fingerprint density at radius 3 is 1.95 bits per heavy atom. The predicted octanol–water partition coefficient (Wildman–Crippen LogP) is 3.97. The van der Waals surface area contributed by atoms with Crippen molar-refractivity contribution in [1.82, 2.24) is 0 Å². The second kappa shape index (κ2) is 5.68. The first-order chi connectivity index (χ1) is 9.36. The van der Waals surface area contributed by atoms with Crippen LogP contribution in [0, 0.1) is 0 Å². The highest BCUT2D eigenvalue weighted by molar-refractivity contribution is 5.31. The van der Waals surface area contributed by atoms with E-state index in [1.54, 1.807) is 12.1 Å². The third-order valence-corrected chi connectivity index (χ3v) is 3.53. The van der Waals surface area contributed by atoms with Crippen molar-refractivity contribution in [2.75, 3.05) is 0 Å². The van der Waals surface area contributed by atoms with E-state index in [1.165, 1.54) is 5.56 Å². The van der Waals surface area contributed by atoms with Gasteiger partial charge in [-0.2, -0.15) is 0 Å². The van der Waals surface area contributed by atoms with Crippen molar-refractivity contribution in [2.24, 2.45) is 0 Å². The SMILES string of the molecule is CC(C)(C)c1ccc(C(O)Cc2ccc(O)cc2)cc1. The molecule has 1 unspecified atom stereocenters. The van der Waals surface area contributed by atoms with Crippen LogP contribution >= 0.6 is 0 Å². The lowest BCUT2D eigenvalue weighted by Gasteiger charge is -2.20. The molecule has 1 atom stereocenters. The van der Waals surface area contributed by atoms with Crippen molar-refractivity contribution >= 4 is 0 Å². The molecular weight excluding hydrogens is 248 g/mol. The van der Waals surface area contributed by atoms with Crippen LogP contribution in [0.2, 0.25) is 0 Å². The van der Waals surface area contributed by atoms with E-state index in [4.69, 9.17) is 0 Å². The van der Waals surface area contributed by atoms with Crippen LogP contribution in [-0.2, 0) is 11.8 Å². The zero-order valence-corrected chi connectivity index (χ0v) is 12.3. The lowest BCUT2D eigenvalue weighted by Crippen LogP contribution is -2.11. The Kier molecular flexibility index (Phi) is 4.15. The highest BCUT2D eigenvalue weighted by Crippen LogP contribution is 2.25. The third kappa shape index (κ3) is 3.61. The van der Waals surface area contributed by atoms with Crippen molar-refractivity contribution in [3.05, 3.63) is 65.2 Å². The Morgan fingerprint density at radius 1 is 0.900 bits per heavy atom. The number of phenolic OH excluding ortho intramolecular Hbond substituents is 1. The second-order valence-electron chi connectivity index (χ2n) is 6.26. The van der Waals surface area contributed by atoms with E-state index in [0.29, 0.717) is 6.42 Å². The number of hydrogen-bond acceptors (Lipinski definition) is 2. The maximum atomic E-state index is 10.3. The van der Waals surface area contributed by atoms with Gasteiger partial charge in [0.2, 0.25) is 0 Å². The summed E-state index contributed by atoms with van der Waals surface area (Å²) in [5, 5.41) is 19.5. The maximum absolute atomic E-state index is 10.3. The van der Waals surface area contributed by atoms with Crippen LogP contribution in [0.5, 0.6) is 5.75 Å². The number of phenols is 1. The second-order valence-corrected chi connectivity index (χ2v) is 6.26. The molecule has 0 aliphatic heterocycles. The van der Waals surface area contributed by atoms with Crippen LogP contribution in [0.25, 0.3) is 0 Å². The third-order valence-electron chi connectivity index (χ3n) is 3.53. The quantitative estimate of drug-likeness (QED) is 0.886. The molecule has 0 radical (unpaired) electrons. The van der Waals surface area contributed by atoms with Crippen LogP contribution in [0.15, 0.2) is 48.5 Å². The highest BCUT2D eigenvalue weighted by atomic mass is 16.3. The molecule has 0 saturated heterocycles. The van der Waals surface area contributed by atoms with Gasteiger partial charge in [-0.15, -0.1) is 0 Å². The molecule has 0 aromatic heterocycles. The molecule has 2 nitrogen and oxygen atoms in total. The first kappa shape index (κ1) is 14.6. The number of rotatable bonds is 3. The average molecular weight is 270 g/mol. The predicted molar refractivity (Wildman–Crippen MR) is 81.9 cm³/mol. The molecule has 2 aromatic rings. The van der Waals surface area contributed by atoms with E-state index < -0.39 is 6.10 Å². The monoisotopic (exact) mass is 270 g/mol. The lowest BCUT2D eigenvalue weighted by atomic mass is 9.86. The van der Waals surface area contributed by atoms with E-state index in [9.17, 15) is 10.2 Å². The summed E-state index contributed by atoms with van der Waals surface area (Å²) in [6, 6.07) is 15.1. The van der Waals surface area contributed by atoms with Crippen molar-refractivity contribution in [3.8, 4) is 5.75 Å². The molecule has 20 heavy (non-hydrogen) atoms. The van der Waals surface area contributed by atoms with Crippen LogP contribution in [0.3, 0.4) is 0 Å². The fraction of sp³-hybridized carbons (Fsp3) is 0.333. The van der Waals surface area contributed by atoms with Gasteiger partial charge in [0.05, 0.1) is 6.10 Å². The van der Waals surface area contributed by atoms with E-state index >= 15 is 0 Å². The summed E-state index contributed by atoms with van der Waals surface area (Å²) in [5.41, 5.74) is 3.32. The molecule has 106 valence electrons. The number of hydrogen-bond donors (Lipinski definition) is 2. The summed E-state index contributed by atoms with van der Waals surface area (Å²) in [6.07, 6.45) is 0.0309. The summed E-state index contributed by atoms with van der Waals surface area (Å²) in [4.78, 5) is 0. The van der Waals surface area contributed by atoms with Crippen LogP contribution < -0.4 is 0 Å². The number of aromatic hydroxyl groups is 1. The number of benzene rings is 2. The van der Waals surface area contributed by atoms with Crippen molar-refractivity contribution < 1.29 is 10.2 Å². The molecular formula is C18H22O2. The first-order valence-corrected chi connectivity index (χ1v) is 6.93. The Labute approximate surface area is 120 Å². The van der Waals surface area contributed by atoms with Gasteiger partial charge in [0.1, 0.15) is 5.75 Å². The van der Waals surface area contributed by atoms with Crippen LogP contribution in [0.1, 0.15) is 43.6 Å². The smallest absolute Gasteiger partial charge is 0.115 e. The largest absolute Gasteiger partial charge is 0.508 e. The van der Waals surface area contributed by atoms with E-state index in [2.05, 4.69) is 32.9 Å². The maximum Gasteiger partial charge on any atom is 0.115 e. The molecule has 2 heteroatoms. The van der Waals surface area contributed by atoms with Gasteiger partial charge in [0, 0.05) is 6.42 Å². The fourth-order valence-corrected chi connectivity index (χ4v) is 2.18. The molecule has 0 spiro atoms. The van der Waals surface area contributed by atoms with Crippen molar-refractivity contribution in [3.63, 3.8) is 0 Å². The van der Waals surface area contributed by atoms with Crippen molar-refractivity contribution in [1.29, 1.82) is 0 Å². The zero-order chi connectivity index (χ0) is 14.8. The van der Waals surface area contributed by atoms with Crippen molar-refractivity contribution in [2.45, 2.75) is 38.7 Å². The Bertz CT molecular complexity index is 547. The minimum atomic E-state index is -0.520. The Hall–Kier alpha value is -1.80. The molecule has 0 amide bonds. The van der Waals surface area contributed by atoms with Gasteiger partial charge in [0.25, 0.3) is 0 Å². The standard InChI is InChI=1S/C18H22O2/c1-18(2,3)15-8-6-14(7-9-15)17(20)12-13-4-10-16(19)11-5-13/h4-11,17,19-20H,12H2,1-3H3. The zero-order valence-electron chi connectivity index (χ0n) is 12.3. The van der Waals surface area contributed by atoms with Gasteiger partial charge in [0.15, 0.2) is 0 Å². The summed E-state index contributed by atoms with van der Waals surface area (Å²) in [7, 11) is 0. The van der Waals surface area contributed by atoms with Gasteiger partial charge in [-0.3, -0.25) is 0 Å². The molecule has 0 heterocycles. The Balaban J connectivity index is 2.09. The Morgan fingerprint density at radius 2 is 1.45 bits per heavy atom. The van der Waals surface area contributed by atoms with E-state index in [1.807, 2.05) is 24.3 Å². The summed E-state index contributed by atoms with van der Waals surface area (Å²) in [6.45, 7) is 6.53. The van der Waals surface area contributed by atoms with Crippen LogP contribution in [-0.4, -0.2) is 10.2 Å². The average Bonchev–Trinajstić information content (AvgIpc) is 2.40. The number of aliphatic hydroxyl groups excluding tert-OH is 1. The molecule has 0 fully saturated rings. The summed E-state index contributed by atoms with van der Waals surface area (Å²) in [5.74, 6) is 0.248. The lowest BCUT2D eigenvalue weighted by molar-refractivity contribution is 0.178. The highest BCUT2D eigenvalue weighted by Gasteiger charge is 2.14. The summed E-state index contributed by atoms with van der Waals surface area (Å²) >= 11 is 0. The minimum absolute atomic E-state index is 0.125. The molecule has 0 saturated carbocycles. The molecule has 0 aliphatic carbocycles. The van der Waals surface area contributed by atoms with Gasteiger partial charge in [-0.1, -0.05) is 57.2 Å². The molecule has 0 bridgehead atoms. The molecule has 2 aromatic carbocycles. The van der Waals surface area contributed by atoms with Gasteiger partial charge < -0.3 is 10.2 Å². The van der Waals surface area contributed by atoms with Crippen LogP contribution in [0.4, 0.5) is 0 Å². The molecule has 0 aliphatic rings. The fourth-order valence-electron chi connectivity index (χ4n) is 2.18. The van der Waals surface area contributed by atoms with E-state index in [-0.39, 0.29) is 11.2 Å². The van der Waals surface area contributed by atoms with Gasteiger partial charge in [-0.05, 0) is 34.2 Å². The van der Waals surface area contributed by atoms with Gasteiger partial charge >= 0.3 is 0 Å². The van der Waals surface area contributed by atoms with Gasteiger partial charge in [-0.25, -0.2) is 0 Å². The first-order valence-electron chi connectivity index (χ1n) is 6.93. The summed E-state index contributed by atoms with van der Waals surface area (Å²) < 4.78 is 0. The number of aliphatic hydroxyl groups is 1. The molecule has 2 rings (SSSR count). The topological polar surface area (TPSA) is 40.5 Å². The minimum Gasteiger partial charge on any atom is -0.508 e. The normalized spacial score (nSPS) is 13.2. The molecule has 2 N–H and O–H groups in total. The van der Waals surface area contributed by atoms with E-state index in [0.717, 1.165) is 11.1 Å².